The first-order valence-corrected chi connectivity index (χ1v) is 5.76. The molecule has 0 aromatic carbocycles. The van der Waals surface area contributed by atoms with Gasteiger partial charge in [0.2, 0.25) is 5.22 Å². The molecule has 2 rings (SSSR count). The number of carbonyl (C=O) groups is 1. The quantitative estimate of drug-likeness (QED) is 0.835. The van der Waals surface area contributed by atoms with E-state index in [0.717, 1.165) is 19.3 Å². The van der Waals surface area contributed by atoms with Gasteiger partial charge in [0.15, 0.2) is 0 Å². The molecule has 16 heavy (non-hydrogen) atoms. The van der Waals surface area contributed by atoms with Crippen molar-refractivity contribution < 1.29 is 14.3 Å². The van der Waals surface area contributed by atoms with Crippen molar-refractivity contribution in [3.05, 3.63) is 23.1 Å². The molecule has 1 heterocycles. The zero-order valence-corrected chi connectivity index (χ0v) is 9.54. The Morgan fingerprint density at radius 3 is 3.00 bits per heavy atom. The second-order valence-corrected chi connectivity index (χ2v) is 4.44. The number of hydrogen-bond acceptors (Lipinski definition) is 3. The summed E-state index contributed by atoms with van der Waals surface area (Å²) in [6.45, 7) is 0. The third-order valence-corrected chi connectivity index (χ3v) is 3.14. The Kier molecular flexibility index (Phi) is 3.51. The maximum absolute atomic E-state index is 11.8. The van der Waals surface area contributed by atoms with Crippen LogP contribution in [0, 0.1) is 0 Å². The Balaban J connectivity index is 1.95. The molecule has 0 spiro atoms. The van der Waals surface area contributed by atoms with Crippen LogP contribution in [0.15, 0.2) is 16.7 Å². The topological polar surface area (TPSA) is 62.5 Å². The predicted molar refractivity (Wildman–Crippen MR) is 59.4 cm³/mol. The average molecular weight is 244 g/mol. The molecule has 1 aliphatic rings. The van der Waals surface area contributed by atoms with Crippen LogP contribution in [0.1, 0.15) is 36.0 Å². The van der Waals surface area contributed by atoms with Gasteiger partial charge in [-0.3, -0.25) is 4.79 Å². The van der Waals surface area contributed by atoms with E-state index in [0.29, 0.717) is 12.0 Å². The molecular weight excluding hydrogens is 230 g/mol. The van der Waals surface area contributed by atoms with Gasteiger partial charge in [-0.1, -0.05) is 0 Å². The third-order valence-electron chi connectivity index (χ3n) is 2.84. The number of carbonyl (C=O) groups excluding carboxylic acids is 1. The minimum Gasteiger partial charge on any atom is -0.452 e. The van der Waals surface area contributed by atoms with E-state index >= 15 is 0 Å². The highest BCUT2D eigenvalue weighted by Gasteiger charge is 2.23. The minimum absolute atomic E-state index is 0.0298. The molecule has 1 aromatic rings. The lowest BCUT2D eigenvalue weighted by Gasteiger charge is -2.26. The molecule has 1 fully saturated rings. The molecule has 88 valence electrons. The SMILES string of the molecule is O=C(NC1CCCC(O)C1)c1ccoc1Cl. The van der Waals surface area contributed by atoms with Crippen molar-refractivity contribution in [2.75, 3.05) is 0 Å². The first kappa shape index (κ1) is 11.5. The highest BCUT2D eigenvalue weighted by Crippen LogP contribution is 2.20. The van der Waals surface area contributed by atoms with E-state index in [4.69, 9.17) is 16.0 Å². The first-order chi connectivity index (χ1) is 7.66. The van der Waals surface area contributed by atoms with E-state index in [1.54, 1.807) is 0 Å². The van der Waals surface area contributed by atoms with Crippen molar-refractivity contribution in [3.63, 3.8) is 0 Å². The van der Waals surface area contributed by atoms with Gasteiger partial charge in [-0.25, -0.2) is 0 Å². The smallest absolute Gasteiger partial charge is 0.256 e. The van der Waals surface area contributed by atoms with Crippen LogP contribution in [0.25, 0.3) is 0 Å². The van der Waals surface area contributed by atoms with Gasteiger partial charge in [-0.2, -0.15) is 0 Å². The summed E-state index contributed by atoms with van der Waals surface area (Å²) in [4.78, 5) is 11.8. The monoisotopic (exact) mass is 243 g/mol. The number of halogens is 1. The molecule has 2 unspecified atom stereocenters. The van der Waals surface area contributed by atoms with E-state index in [1.165, 1.54) is 12.3 Å². The minimum atomic E-state index is -0.307. The van der Waals surface area contributed by atoms with E-state index < -0.39 is 0 Å². The van der Waals surface area contributed by atoms with E-state index in [-0.39, 0.29) is 23.3 Å². The summed E-state index contributed by atoms with van der Waals surface area (Å²) in [5.41, 5.74) is 0.349. The highest BCUT2D eigenvalue weighted by atomic mass is 35.5. The zero-order valence-electron chi connectivity index (χ0n) is 8.78. The van der Waals surface area contributed by atoms with Gasteiger partial charge in [-0.05, 0) is 43.4 Å². The van der Waals surface area contributed by atoms with Crippen LogP contribution < -0.4 is 5.32 Å². The largest absolute Gasteiger partial charge is 0.452 e. The number of furan rings is 1. The fourth-order valence-electron chi connectivity index (χ4n) is 2.01. The lowest BCUT2D eigenvalue weighted by Crippen LogP contribution is -2.39. The second kappa shape index (κ2) is 4.89. The normalized spacial score (nSPS) is 25.4. The fraction of sp³-hybridized carbons (Fsp3) is 0.545. The summed E-state index contributed by atoms with van der Waals surface area (Å²) in [5, 5.41) is 12.4. The van der Waals surface area contributed by atoms with Gasteiger partial charge in [0.25, 0.3) is 5.91 Å². The number of aliphatic hydroxyl groups is 1. The molecular formula is C11H14ClNO3. The summed E-state index contributed by atoms with van der Waals surface area (Å²) in [5.74, 6) is -0.238. The zero-order chi connectivity index (χ0) is 11.5. The lowest BCUT2D eigenvalue weighted by atomic mass is 9.93. The number of nitrogens with one attached hydrogen (secondary N) is 1. The molecule has 1 aromatic heterocycles. The van der Waals surface area contributed by atoms with E-state index in [9.17, 15) is 9.90 Å². The van der Waals surface area contributed by atoms with Crippen LogP contribution in [0.3, 0.4) is 0 Å². The molecule has 1 saturated carbocycles. The predicted octanol–water partition coefficient (Wildman–Crippen LogP) is 1.97. The average Bonchev–Trinajstić information content (AvgIpc) is 2.64. The van der Waals surface area contributed by atoms with Crippen LogP contribution >= 0.6 is 11.6 Å². The molecule has 0 bridgehead atoms. The van der Waals surface area contributed by atoms with Crippen molar-refractivity contribution in [1.29, 1.82) is 0 Å². The number of hydrogen-bond donors (Lipinski definition) is 2. The molecule has 1 amide bonds. The highest BCUT2D eigenvalue weighted by molar-refractivity contribution is 6.32. The molecule has 2 atom stereocenters. The van der Waals surface area contributed by atoms with E-state index in [1.807, 2.05) is 0 Å². The second-order valence-electron chi connectivity index (χ2n) is 4.10. The number of amides is 1. The van der Waals surface area contributed by atoms with Crippen molar-refractivity contribution in [1.82, 2.24) is 5.32 Å². The summed E-state index contributed by atoms with van der Waals surface area (Å²) in [6.07, 6.45) is 4.34. The van der Waals surface area contributed by atoms with Crippen LogP contribution in [-0.4, -0.2) is 23.2 Å². The Morgan fingerprint density at radius 1 is 1.56 bits per heavy atom. The number of aliphatic hydroxyl groups excluding tert-OH is 1. The van der Waals surface area contributed by atoms with Gasteiger partial charge >= 0.3 is 0 Å². The van der Waals surface area contributed by atoms with Gasteiger partial charge in [0.1, 0.15) is 0 Å². The standard InChI is InChI=1S/C11H14ClNO3/c12-10-9(4-5-16-10)11(15)13-7-2-1-3-8(14)6-7/h4-5,7-8,14H,1-3,6H2,(H,13,15). The Bertz CT molecular complexity index is 377. The van der Waals surface area contributed by atoms with Crippen LogP contribution in [-0.2, 0) is 0 Å². The molecule has 5 heteroatoms. The van der Waals surface area contributed by atoms with Gasteiger partial charge < -0.3 is 14.8 Å². The molecule has 2 N–H and O–H groups in total. The van der Waals surface area contributed by atoms with Crippen LogP contribution in [0.2, 0.25) is 5.22 Å². The van der Waals surface area contributed by atoms with E-state index in [2.05, 4.69) is 5.32 Å². The Hall–Kier alpha value is -1.00. The summed E-state index contributed by atoms with van der Waals surface area (Å²) >= 11 is 5.70. The maximum Gasteiger partial charge on any atom is 0.256 e. The summed E-state index contributed by atoms with van der Waals surface area (Å²) in [7, 11) is 0. The molecule has 4 nitrogen and oxygen atoms in total. The third kappa shape index (κ3) is 2.57. The Labute approximate surface area is 98.6 Å². The van der Waals surface area contributed by atoms with Crippen molar-refractivity contribution in [2.45, 2.75) is 37.8 Å². The maximum atomic E-state index is 11.8. The van der Waals surface area contributed by atoms with Crippen LogP contribution in [0.4, 0.5) is 0 Å². The molecule has 0 aliphatic heterocycles. The molecule has 0 saturated heterocycles. The Morgan fingerprint density at radius 2 is 2.38 bits per heavy atom. The number of rotatable bonds is 2. The van der Waals surface area contributed by atoms with Gasteiger partial charge in [-0.15, -0.1) is 0 Å². The van der Waals surface area contributed by atoms with Crippen LogP contribution in [0.5, 0.6) is 0 Å². The van der Waals surface area contributed by atoms with Crippen molar-refractivity contribution in [3.8, 4) is 0 Å². The lowest BCUT2D eigenvalue weighted by molar-refractivity contribution is 0.0849. The van der Waals surface area contributed by atoms with Crippen molar-refractivity contribution in [2.24, 2.45) is 0 Å². The first-order valence-electron chi connectivity index (χ1n) is 5.38. The fourth-order valence-corrected chi connectivity index (χ4v) is 2.21. The van der Waals surface area contributed by atoms with Gasteiger partial charge in [0.05, 0.1) is 17.9 Å². The van der Waals surface area contributed by atoms with Crippen molar-refractivity contribution >= 4 is 17.5 Å². The summed E-state index contributed by atoms with van der Waals surface area (Å²) < 4.78 is 4.85. The summed E-state index contributed by atoms with van der Waals surface area (Å²) in [6, 6.07) is 1.57. The molecule has 0 radical (unpaired) electrons. The van der Waals surface area contributed by atoms with Gasteiger partial charge in [0, 0.05) is 6.04 Å². The molecule has 1 aliphatic carbocycles.